The summed E-state index contributed by atoms with van der Waals surface area (Å²) in [5.41, 5.74) is 9.10. The lowest BCUT2D eigenvalue weighted by Crippen LogP contribution is -2.28. The van der Waals surface area contributed by atoms with E-state index in [1.165, 1.54) is 35.3 Å². The number of fused-ring (bicyclic) bond motifs is 2. The fraction of sp³-hybridized carbons (Fsp3) is 0.345. The summed E-state index contributed by atoms with van der Waals surface area (Å²) in [6.45, 7) is 7.92. The van der Waals surface area contributed by atoms with Gasteiger partial charge in [0.1, 0.15) is 4.83 Å². The van der Waals surface area contributed by atoms with E-state index in [4.69, 9.17) is 15.1 Å². The van der Waals surface area contributed by atoms with Crippen molar-refractivity contribution in [2.75, 3.05) is 18.4 Å². The van der Waals surface area contributed by atoms with Crippen molar-refractivity contribution >= 4 is 39.1 Å². The summed E-state index contributed by atoms with van der Waals surface area (Å²) in [6, 6.07) is 16.8. The van der Waals surface area contributed by atoms with Crippen LogP contribution in [0, 0.1) is 11.3 Å². The SMILES string of the molecule is CC(C)(C)C1CCc2nc3sc(C(=O)NCCN)cc3cc2C1.O=C(Nc1ccccc1)c1ccco1. The monoisotopic (exact) mass is 518 g/mol. The number of nitrogens with two attached hydrogens (primary N) is 1. The van der Waals surface area contributed by atoms with Crippen molar-refractivity contribution in [1.82, 2.24) is 10.3 Å². The number of pyridine rings is 1. The van der Waals surface area contributed by atoms with Crippen LogP contribution in [0.2, 0.25) is 0 Å². The summed E-state index contributed by atoms with van der Waals surface area (Å²) >= 11 is 1.47. The third-order valence-corrected chi connectivity index (χ3v) is 7.57. The lowest BCUT2D eigenvalue weighted by molar-refractivity contribution is 0.0957. The average Bonchev–Trinajstić information content (AvgIpc) is 3.56. The summed E-state index contributed by atoms with van der Waals surface area (Å²) in [5, 5.41) is 6.62. The van der Waals surface area contributed by atoms with Crippen LogP contribution >= 0.6 is 11.3 Å². The molecule has 4 N–H and O–H groups in total. The second-order valence-corrected chi connectivity index (χ2v) is 11.3. The first-order valence-corrected chi connectivity index (χ1v) is 13.4. The van der Waals surface area contributed by atoms with E-state index in [-0.39, 0.29) is 11.8 Å². The fourth-order valence-electron chi connectivity index (χ4n) is 4.37. The molecule has 2 amide bonds. The van der Waals surface area contributed by atoms with Gasteiger partial charge in [0.2, 0.25) is 0 Å². The Bertz CT molecular complexity index is 1340. The van der Waals surface area contributed by atoms with Gasteiger partial charge in [0, 0.05) is 29.9 Å². The van der Waals surface area contributed by atoms with E-state index in [0.29, 0.717) is 30.2 Å². The van der Waals surface area contributed by atoms with Crippen LogP contribution < -0.4 is 16.4 Å². The minimum atomic E-state index is -0.235. The number of rotatable bonds is 5. The smallest absolute Gasteiger partial charge is 0.291 e. The van der Waals surface area contributed by atoms with E-state index >= 15 is 0 Å². The van der Waals surface area contributed by atoms with Crippen molar-refractivity contribution < 1.29 is 14.0 Å². The second kappa shape index (κ2) is 11.7. The third kappa shape index (κ3) is 6.84. The summed E-state index contributed by atoms with van der Waals surface area (Å²) in [5.74, 6) is 0.722. The lowest BCUT2D eigenvalue weighted by atomic mass is 9.71. The predicted octanol–water partition coefficient (Wildman–Crippen LogP) is 5.67. The highest BCUT2D eigenvalue weighted by Crippen LogP contribution is 2.38. The molecule has 1 unspecified atom stereocenters. The summed E-state index contributed by atoms with van der Waals surface area (Å²) in [4.78, 5) is 30.1. The number of anilines is 1. The van der Waals surface area contributed by atoms with E-state index < -0.39 is 0 Å². The number of aromatic nitrogens is 1. The maximum absolute atomic E-state index is 12.1. The van der Waals surface area contributed by atoms with Crippen LogP contribution in [0.1, 0.15) is 58.7 Å². The number of carbonyl (C=O) groups is 2. The molecule has 1 aromatic carbocycles. The van der Waals surface area contributed by atoms with Gasteiger partial charge in [0.05, 0.1) is 11.1 Å². The molecule has 0 saturated heterocycles. The Labute approximate surface area is 221 Å². The third-order valence-electron chi connectivity index (χ3n) is 6.53. The Balaban J connectivity index is 0.000000195. The van der Waals surface area contributed by atoms with Crippen LogP contribution in [-0.2, 0) is 12.8 Å². The lowest BCUT2D eigenvalue weighted by Gasteiger charge is -2.34. The van der Waals surface area contributed by atoms with Crippen LogP contribution in [0.4, 0.5) is 5.69 Å². The first kappa shape index (κ1) is 26.6. The average molecular weight is 519 g/mol. The summed E-state index contributed by atoms with van der Waals surface area (Å²) in [7, 11) is 0. The number of furan rings is 1. The molecule has 3 aromatic heterocycles. The van der Waals surface area contributed by atoms with Gasteiger partial charge >= 0.3 is 0 Å². The molecule has 7 nitrogen and oxygen atoms in total. The van der Waals surface area contributed by atoms with E-state index in [2.05, 4.69) is 37.5 Å². The summed E-state index contributed by atoms with van der Waals surface area (Å²) in [6.07, 6.45) is 4.80. The second-order valence-electron chi connectivity index (χ2n) is 10.2. The molecule has 1 atom stereocenters. The zero-order chi connectivity index (χ0) is 26.4. The molecule has 1 aliphatic rings. The maximum atomic E-state index is 12.1. The first-order valence-electron chi connectivity index (χ1n) is 12.5. The highest BCUT2D eigenvalue weighted by atomic mass is 32.1. The molecule has 0 spiro atoms. The van der Waals surface area contributed by atoms with Crippen molar-refractivity contribution in [2.24, 2.45) is 17.1 Å². The van der Waals surface area contributed by atoms with Crippen molar-refractivity contribution in [3.8, 4) is 0 Å². The van der Waals surface area contributed by atoms with E-state index in [1.54, 1.807) is 12.1 Å². The van der Waals surface area contributed by atoms with E-state index in [1.807, 2.05) is 36.4 Å². The molecule has 0 saturated carbocycles. The van der Waals surface area contributed by atoms with Gasteiger partial charge in [-0.15, -0.1) is 11.3 Å². The number of aryl methyl sites for hydroxylation is 1. The highest BCUT2D eigenvalue weighted by molar-refractivity contribution is 7.20. The molecule has 194 valence electrons. The standard InChI is InChI=1S/C18H25N3OS.C11H9NO2/c1-18(2,3)13-4-5-14-11(9-13)8-12-10-15(23-17(12)21-14)16(22)20-7-6-19;13-11(10-7-4-8-14-10)12-9-5-2-1-3-6-9/h8,10,13H,4-7,9,19H2,1-3H3,(H,20,22);1-8H,(H,12,13). The molecule has 3 heterocycles. The van der Waals surface area contributed by atoms with Crippen molar-refractivity contribution in [1.29, 1.82) is 0 Å². The Hall–Kier alpha value is -3.49. The number of hydrogen-bond donors (Lipinski definition) is 3. The molecule has 4 aromatic rings. The normalized spacial score (nSPS) is 14.9. The van der Waals surface area contributed by atoms with E-state index in [9.17, 15) is 9.59 Å². The molecule has 1 aliphatic carbocycles. The predicted molar refractivity (Wildman–Crippen MR) is 149 cm³/mol. The number of carbonyl (C=O) groups excluding carboxylic acids is 2. The quantitative estimate of drug-likeness (QED) is 0.315. The van der Waals surface area contributed by atoms with Crippen molar-refractivity contribution in [3.63, 3.8) is 0 Å². The number of hydrogen-bond acceptors (Lipinski definition) is 6. The number of thiophene rings is 1. The summed E-state index contributed by atoms with van der Waals surface area (Å²) < 4.78 is 4.96. The number of nitrogens with one attached hydrogen (secondary N) is 2. The largest absolute Gasteiger partial charge is 0.459 e. The highest BCUT2D eigenvalue weighted by Gasteiger charge is 2.29. The zero-order valence-corrected chi connectivity index (χ0v) is 22.4. The maximum Gasteiger partial charge on any atom is 0.291 e. The zero-order valence-electron chi connectivity index (χ0n) is 21.5. The van der Waals surface area contributed by atoms with Crippen LogP contribution in [0.3, 0.4) is 0 Å². The molecule has 5 rings (SSSR count). The minimum absolute atomic E-state index is 0.0519. The van der Waals surface area contributed by atoms with Gasteiger partial charge in [-0.1, -0.05) is 39.0 Å². The Kier molecular flexibility index (Phi) is 8.41. The molecule has 8 heteroatoms. The first-order chi connectivity index (χ1) is 17.7. The van der Waals surface area contributed by atoms with Crippen molar-refractivity contribution in [2.45, 2.75) is 40.0 Å². The number of para-hydroxylation sites is 1. The molecule has 37 heavy (non-hydrogen) atoms. The van der Waals surface area contributed by atoms with Gasteiger partial charge in [-0.25, -0.2) is 4.98 Å². The minimum Gasteiger partial charge on any atom is -0.459 e. The molecular formula is C29H34N4O3S. The van der Waals surface area contributed by atoms with Gasteiger partial charge < -0.3 is 20.8 Å². The Morgan fingerprint density at radius 3 is 2.57 bits per heavy atom. The van der Waals surface area contributed by atoms with Gasteiger partial charge in [-0.05, 0) is 72.6 Å². The van der Waals surface area contributed by atoms with Crippen molar-refractivity contribution in [3.05, 3.63) is 82.8 Å². The molecule has 0 bridgehead atoms. The van der Waals surface area contributed by atoms with Crippen LogP contribution in [0.15, 0.2) is 65.3 Å². The van der Waals surface area contributed by atoms with Crippen LogP contribution in [0.25, 0.3) is 10.2 Å². The molecular weight excluding hydrogens is 484 g/mol. The number of benzene rings is 1. The Morgan fingerprint density at radius 1 is 1.11 bits per heavy atom. The number of nitrogens with zero attached hydrogens (tertiary/aromatic N) is 1. The Morgan fingerprint density at radius 2 is 1.89 bits per heavy atom. The molecule has 0 aliphatic heterocycles. The van der Waals surface area contributed by atoms with Gasteiger partial charge in [-0.2, -0.15) is 0 Å². The van der Waals surface area contributed by atoms with Gasteiger partial charge in [0.25, 0.3) is 11.8 Å². The topological polar surface area (TPSA) is 110 Å². The number of amides is 2. The van der Waals surface area contributed by atoms with E-state index in [0.717, 1.165) is 33.6 Å². The van der Waals surface area contributed by atoms with Crippen LogP contribution in [0.5, 0.6) is 0 Å². The van der Waals surface area contributed by atoms with Gasteiger partial charge in [0.15, 0.2) is 5.76 Å². The fourth-order valence-corrected chi connectivity index (χ4v) is 5.32. The van der Waals surface area contributed by atoms with Crippen LogP contribution in [-0.4, -0.2) is 29.9 Å². The molecule has 0 fully saturated rings. The molecule has 0 radical (unpaired) electrons. The van der Waals surface area contributed by atoms with Gasteiger partial charge in [-0.3, -0.25) is 9.59 Å².